The topological polar surface area (TPSA) is 111 Å². The summed E-state index contributed by atoms with van der Waals surface area (Å²) in [5.41, 5.74) is 9.58. The van der Waals surface area contributed by atoms with Crippen molar-refractivity contribution in [2.75, 3.05) is 0 Å². The molecule has 3 rings (SSSR count). The van der Waals surface area contributed by atoms with E-state index in [4.69, 9.17) is 11.1 Å². The number of hydrogen-bond donors (Lipinski definition) is 5. The number of phenols is 1. The van der Waals surface area contributed by atoms with E-state index in [0.717, 1.165) is 43.4 Å². The molecular weight excluding hydrogens is 436 g/mol. The van der Waals surface area contributed by atoms with Crippen LogP contribution < -0.4 is 16.4 Å². The maximum atomic E-state index is 12.7. The first-order valence-corrected chi connectivity index (χ1v) is 12.2. The highest BCUT2D eigenvalue weighted by Crippen LogP contribution is 2.16. The molecule has 0 radical (unpaired) electrons. The van der Waals surface area contributed by atoms with Gasteiger partial charge in [-0.3, -0.25) is 10.2 Å². The van der Waals surface area contributed by atoms with E-state index in [1.54, 1.807) is 24.3 Å². The fourth-order valence-corrected chi connectivity index (χ4v) is 3.96. The zero-order chi connectivity index (χ0) is 25.0. The number of aromatic hydroxyl groups is 1. The van der Waals surface area contributed by atoms with Gasteiger partial charge in [-0.2, -0.15) is 0 Å². The van der Waals surface area contributed by atoms with Crippen molar-refractivity contribution in [3.8, 4) is 5.75 Å². The molecule has 0 aliphatic carbocycles. The molecule has 0 bridgehead atoms. The number of amidine groups is 1. The Morgan fingerprint density at radius 3 is 2.14 bits per heavy atom. The molecule has 0 saturated carbocycles. The number of phenolic OH excluding ortho intramolecular Hbond substituents is 1. The molecule has 0 spiro atoms. The predicted octanol–water partition coefficient (Wildman–Crippen LogP) is 4.50. The van der Waals surface area contributed by atoms with Crippen molar-refractivity contribution >= 4 is 11.7 Å². The minimum atomic E-state index is -0.0961. The molecule has 6 nitrogen and oxygen atoms in total. The quantitative estimate of drug-likeness (QED) is 0.186. The van der Waals surface area contributed by atoms with Crippen LogP contribution in [0.4, 0.5) is 0 Å². The number of benzene rings is 3. The van der Waals surface area contributed by atoms with Crippen LogP contribution in [0.15, 0.2) is 78.9 Å². The van der Waals surface area contributed by atoms with Gasteiger partial charge in [-0.25, -0.2) is 0 Å². The normalized spacial score (nSPS) is 12.6. The monoisotopic (exact) mass is 472 g/mol. The number of aryl methyl sites for hydroxylation is 1. The molecule has 6 heteroatoms. The summed E-state index contributed by atoms with van der Waals surface area (Å²) in [5, 5.41) is 23.7. The number of nitrogens with one attached hydrogen (secondary N) is 3. The summed E-state index contributed by atoms with van der Waals surface area (Å²) < 4.78 is 0. The molecule has 6 N–H and O–H groups in total. The Morgan fingerprint density at radius 1 is 0.857 bits per heavy atom. The largest absolute Gasteiger partial charge is 0.508 e. The van der Waals surface area contributed by atoms with Crippen molar-refractivity contribution in [3.05, 3.63) is 101 Å². The third-order valence-corrected chi connectivity index (χ3v) is 6.28. The van der Waals surface area contributed by atoms with Gasteiger partial charge in [-0.15, -0.1) is 0 Å². The molecule has 0 saturated heterocycles. The van der Waals surface area contributed by atoms with Crippen molar-refractivity contribution < 1.29 is 9.90 Å². The summed E-state index contributed by atoms with van der Waals surface area (Å²) in [5.74, 6) is 0.251. The average Bonchev–Trinajstić information content (AvgIpc) is 2.88. The van der Waals surface area contributed by atoms with Gasteiger partial charge in [0.1, 0.15) is 11.6 Å². The van der Waals surface area contributed by atoms with E-state index >= 15 is 0 Å². The lowest BCUT2D eigenvalue weighted by Crippen LogP contribution is -2.32. The summed E-state index contributed by atoms with van der Waals surface area (Å²) in [7, 11) is 0. The Labute approximate surface area is 208 Å². The molecule has 0 heterocycles. The molecule has 3 aromatic carbocycles. The first-order valence-electron chi connectivity index (χ1n) is 12.2. The van der Waals surface area contributed by atoms with Gasteiger partial charge in [-0.05, 0) is 54.5 Å². The first-order chi connectivity index (χ1) is 16.9. The zero-order valence-corrected chi connectivity index (χ0v) is 20.3. The van der Waals surface area contributed by atoms with Crippen LogP contribution in [-0.4, -0.2) is 22.9 Å². The molecule has 0 aromatic heterocycles. The van der Waals surface area contributed by atoms with Gasteiger partial charge in [0.25, 0.3) is 0 Å². The minimum absolute atomic E-state index is 0.0371. The van der Waals surface area contributed by atoms with E-state index in [0.29, 0.717) is 12.1 Å². The highest BCUT2D eigenvalue weighted by molar-refractivity contribution is 5.94. The summed E-state index contributed by atoms with van der Waals surface area (Å²) in [6.45, 7) is 3.15. The Morgan fingerprint density at radius 2 is 1.49 bits per heavy atom. The molecule has 2 atom stereocenters. The average molecular weight is 473 g/mol. The lowest BCUT2D eigenvalue weighted by molar-refractivity contribution is -0.124. The first kappa shape index (κ1) is 26.0. The molecule has 3 aromatic rings. The molecule has 0 fully saturated rings. The van der Waals surface area contributed by atoms with Gasteiger partial charge in [0.05, 0.1) is 0 Å². The Hall–Kier alpha value is -3.64. The summed E-state index contributed by atoms with van der Waals surface area (Å²) in [6, 6.07) is 25.4. The molecule has 0 aliphatic heterocycles. The van der Waals surface area contributed by atoms with Crippen LogP contribution in [0.5, 0.6) is 5.75 Å². The maximum absolute atomic E-state index is 12.7. The smallest absolute Gasteiger partial charge is 0.223 e. The SMILES string of the molecule is C[C@H](CC[C@@H](CCc1ccccc1)NCc1ccc(O)cc1)C(=O)NCc1ccc(C(=N)N)cc1. The third-order valence-electron chi connectivity index (χ3n) is 6.28. The van der Waals surface area contributed by atoms with E-state index in [1.807, 2.05) is 37.3 Å². The second kappa shape index (κ2) is 13.3. The fraction of sp³-hybridized carbons (Fsp3) is 0.310. The van der Waals surface area contributed by atoms with Gasteiger partial charge >= 0.3 is 0 Å². The number of amides is 1. The van der Waals surface area contributed by atoms with Gasteiger partial charge in [0.15, 0.2) is 0 Å². The standard InChI is InChI=1S/C29H36N4O2/c1-21(29(35)33-20-23-8-13-25(14-9-23)28(30)31)7-15-26(16-10-22-5-3-2-4-6-22)32-19-24-11-17-27(34)18-12-24/h2-6,8-9,11-14,17-18,21,26,32,34H,7,10,15-16,19-20H2,1H3,(H3,30,31)(H,33,35)/t21-,26+/m1/s1. The summed E-state index contributed by atoms with van der Waals surface area (Å²) in [4.78, 5) is 12.7. The highest BCUT2D eigenvalue weighted by Gasteiger charge is 2.16. The van der Waals surface area contributed by atoms with Crippen LogP contribution in [0.25, 0.3) is 0 Å². The van der Waals surface area contributed by atoms with Crippen molar-refractivity contribution in [1.82, 2.24) is 10.6 Å². The van der Waals surface area contributed by atoms with Gasteiger partial charge in [0.2, 0.25) is 5.91 Å². The van der Waals surface area contributed by atoms with E-state index in [9.17, 15) is 9.90 Å². The number of nitrogens with two attached hydrogens (primary N) is 1. The van der Waals surface area contributed by atoms with Crippen LogP contribution in [0.1, 0.15) is 48.4 Å². The predicted molar refractivity (Wildman–Crippen MR) is 141 cm³/mol. The lowest BCUT2D eigenvalue weighted by atomic mass is 9.96. The van der Waals surface area contributed by atoms with E-state index in [2.05, 4.69) is 34.9 Å². The fourth-order valence-electron chi connectivity index (χ4n) is 3.96. The molecule has 35 heavy (non-hydrogen) atoms. The lowest BCUT2D eigenvalue weighted by Gasteiger charge is -2.21. The number of rotatable bonds is 13. The van der Waals surface area contributed by atoms with Crippen molar-refractivity contribution in [2.24, 2.45) is 11.7 Å². The summed E-state index contributed by atoms with van der Waals surface area (Å²) in [6.07, 6.45) is 3.65. The van der Waals surface area contributed by atoms with Crippen LogP contribution in [0.3, 0.4) is 0 Å². The van der Waals surface area contributed by atoms with Crippen molar-refractivity contribution in [1.29, 1.82) is 5.41 Å². The second-order valence-corrected chi connectivity index (χ2v) is 9.08. The molecule has 0 unspecified atom stereocenters. The molecule has 0 aliphatic rings. The van der Waals surface area contributed by atoms with Gasteiger partial charge in [0, 0.05) is 30.6 Å². The van der Waals surface area contributed by atoms with E-state index < -0.39 is 0 Å². The van der Waals surface area contributed by atoms with Gasteiger partial charge < -0.3 is 21.5 Å². The van der Waals surface area contributed by atoms with Crippen LogP contribution in [0, 0.1) is 11.3 Å². The van der Waals surface area contributed by atoms with Crippen molar-refractivity contribution in [2.45, 2.75) is 51.7 Å². The molecular formula is C29H36N4O2. The molecule has 184 valence electrons. The van der Waals surface area contributed by atoms with Crippen LogP contribution in [0.2, 0.25) is 0 Å². The number of nitrogen functional groups attached to an aromatic ring is 1. The maximum Gasteiger partial charge on any atom is 0.223 e. The second-order valence-electron chi connectivity index (χ2n) is 9.08. The Bertz CT molecular complexity index is 1070. The van der Waals surface area contributed by atoms with Crippen LogP contribution >= 0.6 is 0 Å². The summed E-state index contributed by atoms with van der Waals surface area (Å²) >= 11 is 0. The minimum Gasteiger partial charge on any atom is -0.508 e. The Kier molecular flexibility index (Phi) is 9.87. The van der Waals surface area contributed by atoms with Crippen molar-refractivity contribution in [3.63, 3.8) is 0 Å². The van der Waals surface area contributed by atoms with E-state index in [-0.39, 0.29) is 29.5 Å². The van der Waals surface area contributed by atoms with Crippen LogP contribution in [-0.2, 0) is 24.3 Å². The molecule has 1 amide bonds. The number of carbonyl (C=O) groups is 1. The van der Waals surface area contributed by atoms with Gasteiger partial charge in [-0.1, -0.05) is 73.7 Å². The number of hydrogen-bond acceptors (Lipinski definition) is 4. The third kappa shape index (κ3) is 8.91. The van der Waals surface area contributed by atoms with E-state index in [1.165, 1.54) is 5.56 Å². The highest BCUT2D eigenvalue weighted by atomic mass is 16.3. The number of carbonyl (C=O) groups excluding carboxylic acids is 1. The Balaban J connectivity index is 1.50. The zero-order valence-electron chi connectivity index (χ0n) is 20.3.